The van der Waals surface area contributed by atoms with E-state index < -0.39 is 0 Å². The summed E-state index contributed by atoms with van der Waals surface area (Å²) in [5.41, 5.74) is 0.871. The SMILES string of the molecule is C[C@H]1CCCC[C@@H]1NC(=O)/C=C/c1ccccc1Cl. The van der Waals surface area contributed by atoms with E-state index in [1.165, 1.54) is 19.3 Å². The average molecular weight is 278 g/mol. The topological polar surface area (TPSA) is 29.1 Å². The highest BCUT2D eigenvalue weighted by Gasteiger charge is 2.21. The third kappa shape index (κ3) is 4.10. The van der Waals surface area contributed by atoms with Crippen LogP contribution in [0.1, 0.15) is 38.2 Å². The lowest BCUT2D eigenvalue weighted by atomic mass is 9.86. The fourth-order valence-corrected chi connectivity index (χ4v) is 2.74. The standard InChI is InChI=1S/C16H20ClNO/c1-12-6-2-5-9-15(12)18-16(19)11-10-13-7-3-4-8-14(13)17/h3-4,7-8,10-12,15H,2,5-6,9H2,1H3,(H,18,19)/b11-10+/t12-,15-/m0/s1. The minimum Gasteiger partial charge on any atom is -0.350 e. The lowest BCUT2D eigenvalue weighted by molar-refractivity contribution is -0.117. The van der Waals surface area contributed by atoms with Crippen LogP contribution >= 0.6 is 11.6 Å². The molecule has 1 amide bonds. The van der Waals surface area contributed by atoms with Crippen LogP contribution in [0.25, 0.3) is 6.08 Å². The summed E-state index contributed by atoms with van der Waals surface area (Å²) in [6.07, 6.45) is 8.13. The largest absolute Gasteiger partial charge is 0.350 e. The van der Waals surface area contributed by atoms with Crippen LogP contribution in [0.15, 0.2) is 30.3 Å². The molecule has 1 N–H and O–H groups in total. The molecule has 0 spiro atoms. The van der Waals surface area contributed by atoms with E-state index in [0.717, 1.165) is 12.0 Å². The Morgan fingerprint density at radius 3 is 2.79 bits per heavy atom. The smallest absolute Gasteiger partial charge is 0.244 e. The van der Waals surface area contributed by atoms with Gasteiger partial charge in [0.05, 0.1) is 0 Å². The fraction of sp³-hybridized carbons (Fsp3) is 0.438. The molecule has 0 bridgehead atoms. The van der Waals surface area contributed by atoms with Crippen LogP contribution in [0, 0.1) is 5.92 Å². The maximum absolute atomic E-state index is 11.9. The molecule has 1 aliphatic rings. The van der Waals surface area contributed by atoms with Gasteiger partial charge in [-0.2, -0.15) is 0 Å². The summed E-state index contributed by atoms with van der Waals surface area (Å²) in [5, 5.41) is 3.75. The molecule has 1 fully saturated rings. The van der Waals surface area contributed by atoms with Gasteiger partial charge in [-0.25, -0.2) is 0 Å². The van der Waals surface area contributed by atoms with Crippen molar-refractivity contribution < 1.29 is 4.79 Å². The van der Waals surface area contributed by atoms with Gasteiger partial charge in [-0.1, -0.05) is 49.6 Å². The Morgan fingerprint density at radius 2 is 2.05 bits per heavy atom. The molecule has 0 radical (unpaired) electrons. The first-order chi connectivity index (χ1) is 9.16. The number of halogens is 1. The molecule has 1 aliphatic carbocycles. The lowest BCUT2D eigenvalue weighted by Crippen LogP contribution is -2.40. The molecular formula is C16H20ClNO. The van der Waals surface area contributed by atoms with E-state index in [9.17, 15) is 4.79 Å². The second-order valence-electron chi connectivity index (χ2n) is 5.23. The van der Waals surface area contributed by atoms with E-state index in [4.69, 9.17) is 11.6 Å². The Hall–Kier alpha value is -1.28. The van der Waals surface area contributed by atoms with Crippen molar-refractivity contribution in [2.24, 2.45) is 5.92 Å². The zero-order valence-electron chi connectivity index (χ0n) is 11.2. The molecule has 19 heavy (non-hydrogen) atoms. The summed E-state index contributed by atoms with van der Waals surface area (Å²) in [6, 6.07) is 7.82. The molecule has 2 atom stereocenters. The predicted molar refractivity (Wildman–Crippen MR) is 80.0 cm³/mol. The first kappa shape index (κ1) is 14.1. The average Bonchev–Trinajstić information content (AvgIpc) is 2.40. The molecule has 2 rings (SSSR count). The van der Waals surface area contributed by atoms with Crippen molar-refractivity contribution in [1.29, 1.82) is 0 Å². The number of carbonyl (C=O) groups is 1. The van der Waals surface area contributed by atoms with E-state index in [-0.39, 0.29) is 5.91 Å². The third-order valence-corrected chi connectivity index (χ3v) is 4.10. The maximum atomic E-state index is 11.9. The number of hydrogen-bond donors (Lipinski definition) is 1. The number of rotatable bonds is 3. The number of hydrogen-bond acceptors (Lipinski definition) is 1. The molecule has 102 valence electrons. The van der Waals surface area contributed by atoms with E-state index in [2.05, 4.69) is 12.2 Å². The zero-order chi connectivity index (χ0) is 13.7. The summed E-state index contributed by atoms with van der Waals surface area (Å²) in [4.78, 5) is 11.9. The lowest BCUT2D eigenvalue weighted by Gasteiger charge is -2.29. The first-order valence-electron chi connectivity index (χ1n) is 6.90. The van der Waals surface area contributed by atoms with E-state index in [1.54, 1.807) is 12.2 Å². The quantitative estimate of drug-likeness (QED) is 0.830. The maximum Gasteiger partial charge on any atom is 0.244 e. The molecule has 1 aromatic rings. The predicted octanol–water partition coefficient (Wildman–Crippen LogP) is 4.05. The highest BCUT2D eigenvalue weighted by molar-refractivity contribution is 6.32. The molecule has 0 unspecified atom stereocenters. The van der Waals surface area contributed by atoms with Gasteiger partial charge < -0.3 is 5.32 Å². The minimum atomic E-state index is -0.0290. The number of amides is 1. The number of benzene rings is 1. The van der Waals surface area contributed by atoms with E-state index in [1.807, 2.05) is 24.3 Å². The monoisotopic (exact) mass is 277 g/mol. The molecule has 1 saturated carbocycles. The highest BCUT2D eigenvalue weighted by Crippen LogP contribution is 2.23. The van der Waals surface area contributed by atoms with Gasteiger partial charge in [-0.05, 0) is 36.5 Å². The summed E-state index contributed by atoms with van der Waals surface area (Å²) in [7, 11) is 0. The summed E-state index contributed by atoms with van der Waals surface area (Å²) < 4.78 is 0. The van der Waals surface area contributed by atoms with Gasteiger partial charge in [0.1, 0.15) is 0 Å². The highest BCUT2D eigenvalue weighted by atomic mass is 35.5. The van der Waals surface area contributed by atoms with Crippen molar-refractivity contribution in [3.8, 4) is 0 Å². The van der Waals surface area contributed by atoms with Crippen molar-refractivity contribution in [2.75, 3.05) is 0 Å². The number of carbonyl (C=O) groups excluding carboxylic acids is 1. The molecular weight excluding hydrogens is 258 g/mol. The third-order valence-electron chi connectivity index (χ3n) is 3.76. The Balaban J connectivity index is 1.92. The van der Waals surface area contributed by atoms with E-state index in [0.29, 0.717) is 17.0 Å². The Kier molecular flexibility index (Phi) is 5.03. The van der Waals surface area contributed by atoms with Crippen molar-refractivity contribution in [2.45, 2.75) is 38.6 Å². The van der Waals surface area contributed by atoms with Crippen LogP contribution in [0.4, 0.5) is 0 Å². The van der Waals surface area contributed by atoms with Crippen molar-refractivity contribution >= 4 is 23.6 Å². The molecule has 1 aromatic carbocycles. The van der Waals surface area contributed by atoms with Gasteiger partial charge in [0, 0.05) is 17.1 Å². The van der Waals surface area contributed by atoms with Crippen LogP contribution in [0.3, 0.4) is 0 Å². The normalized spacial score (nSPS) is 23.5. The fourth-order valence-electron chi connectivity index (χ4n) is 2.54. The Labute approximate surface area is 119 Å². The molecule has 3 heteroatoms. The van der Waals surface area contributed by atoms with Gasteiger partial charge in [-0.15, -0.1) is 0 Å². The van der Waals surface area contributed by atoms with Crippen LogP contribution in [0.2, 0.25) is 5.02 Å². The van der Waals surface area contributed by atoms with Crippen molar-refractivity contribution in [1.82, 2.24) is 5.32 Å². The summed E-state index contributed by atoms with van der Waals surface area (Å²) in [6.45, 7) is 2.21. The van der Waals surface area contributed by atoms with Crippen molar-refractivity contribution in [3.63, 3.8) is 0 Å². The van der Waals surface area contributed by atoms with Crippen LogP contribution < -0.4 is 5.32 Å². The van der Waals surface area contributed by atoms with Gasteiger partial charge >= 0.3 is 0 Å². The summed E-state index contributed by atoms with van der Waals surface area (Å²) in [5.74, 6) is 0.546. The second kappa shape index (κ2) is 6.76. The van der Waals surface area contributed by atoms with Crippen LogP contribution in [-0.2, 0) is 4.79 Å². The summed E-state index contributed by atoms with van der Waals surface area (Å²) >= 11 is 6.04. The Bertz CT molecular complexity index is 470. The van der Waals surface area contributed by atoms with Gasteiger partial charge in [0.2, 0.25) is 5.91 Å². The molecule has 0 heterocycles. The number of nitrogens with one attached hydrogen (secondary N) is 1. The van der Waals surface area contributed by atoms with Gasteiger partial charge in [0.25, 0.3) is 0 Å². The first-order valence-corrected chi connectivity index (χ1v) is 7.27. The molecule has 2 nitrogen and oxygen atoms in total. The van der Waals surface area contributed by atoms with Gasteiger partial charge in [0.15, 0.2) is 0 Å². The Morgan fingerprint density at radius 1 is 1.32 bits per heavy atom. The van der Waals surface area contributed by atoms with Gasteiger partial charge in [-0.3, -0.25) is 4.79 Å². The molecule has 0 aromatic heterocycles. The molecule has 0 aliphatic heterocycles. The van der Waals surface area contributed by atoms with Crippen LogP contribution in [0.5, 0.6) is 0 Å². The molecule has 0 saturated heterocycles. The van der Waals surface area contributed by atoms with Crippen LogP contribution in [-0.4, -0.2) is 11.9 Å². The zero-order valence-corrected chi connectivity index (χ0v) is 12.0. The van der Waals surface area contributed by atoms with E-state index >= 15 is 0 Å². The van der Waals surface area contributed by atoms with Crippen molar-refractivity contribution in [3.05, 3.63) is 40.9 Å². The second-order valence-corrected chi connectivity index (χ2v) is 5.64. The minimum absolute atomic E-state index is 0.0290.